The number of hydrogen-bond acceptors (Lipinski definition) is 1. The van der Waals surface area contributed by atoms with Gasteiger partial charge in [-0.1, -0.05) is 35.9 Å². The summed E-state index contributed by atoms with van der Waals surface area (Å²) in [5.74, 6) is -0.868. The number of aryl methyl sites for hydroxylation is 2. The number of aromatic amines is 1. The monoisotopic (exact) mass is 389 g/mol. The van der Waals surface area contributed by atoms with E-state index in [0.29, 0.717) is 12.2 Å². The molecule has 1 aromatic heterocycles. The number of H-pyrrole nitrogens is 1. The first kappa shape index (κ1) is 18.9. The summed E-state index contributed by atoms with van der Waals surface area (Å²) < 4.78 is 32.6. The highest BCUT2D eigenvalue weighted by Gasteiger charge is 2.09. The number of nitrogens with one attached hydrogen (secondary N) is 1. The SMILES string of the molecule is Cc1ccc(COc2ccc(-c3c[nH]c(-c4ccc(F)c(F)c4)c3)cc2C)cc1. The minimum absolute atomic E-state index is 0.519. The maximum absolute atomic E-state index is 13.5. The molecular weight excluding hydrogens is 368 g/mol. The van der Waals surface area contributed by atoms with Crippen molar-refractivity contribution >= 4 is 0 Å². The highest BCUT2D eigenvalue weighted by Crippen LogP contribution is 2.30. The maximum atomic E-state index is 13.5. The lowest BCUT2D eigenvalue weighted by Gasteiger charge is -2.11. The lowest BCUT2D eigenvalue weighted by atomic mass is 10.0. The molecule has 29 heavy (non-hydrogen) atoms. The van der Waals surface area contributed by atoms with Crippen molar-refractivity contribution in [2.24, 2.45) is 0 Å². The van der Waals surface area contributed by atoms with Crippen molar-refractivity contribution in [3.8, 4) is 28.1 Å². The lowest BCUT2D eigenvalue weighted by molar-refractivity contribution is 0.304. The fourth-order valence-electron chi connectivity index (χ4n) is 3.23. The zero-order chi connectivity index (χ0) is 20.4. The first-order valence-corrected chi connectivity index (χ1v) is 9.43. The van der Waals surface area contributed by atoms with E-state index in [1.807, 2.05) is 31.3 Å². The predicted molar refractivity (Wildman–Crippen MR) is 112 cm³/mol. The molecule has 0 fully saturated rings. The molecule has 3 aromatic carbocycles. The molecule has 0 unspecified atom stereocenters. The van der Waals surface area contributed by atoms with E-state index >= 15 is 0 Å². The molecule has 0 aliphatic rings. The highest BCUT2D eigenvalue weighted by atomic mass is 19.2. The largest absolute Gasteiger partial charge is 0.489 e. The fourth-order valence-corrected chi connectivity index (χ4v) is 3.23. The van der Waals surface area contributed by atoms with Crippen LogP contribution in [0.15, 0.2) is 72.9 Å². The van der Waals surface area contributed by atoms with Crippen molar-refractivity contribution in [1.29, 1.82) is 0 Å². The molecule has 0 atom stereocenters. The molecule has 0 spiro atoms. The number of ether oxygens (including phenoxy) is 1. The van der Waals surface area contributed by atoms with E-state index in [1.165, 1.54) is 11.6 Å². The van der Waals surface area contributed by atoms with Gasteiger partial charge in [0, 0.05) is 17.5 Å². The summed E-state index contributed by atoms with van der Waals surface area (Å²) in [6.07, 6.45) is 1.86. The summed E-state index contributed by atoms with van der Waals surface area (Å²) in [7, 11) is 0. The molecule has 4 heteroatoms. The summed E-state index contributed by atoms with van der Waals surface area (Å²) in [5, 5.41) is 0. The van der Waals surface area contributed by atoms with Crippen LogP contribution in [-0.4, -0.2) is 4.98 Å². The fraction of sp³-hybridized carbons (Fsp3) is 0.120. The molecule has 4 rings (SSSR count). The molecule has 146 valence electrons. The van der Waals surface area contributed by atoms with Crippen molar-refractivity contribution in [3.05, 3.63) is 101 Å². The third-order valence-electron chi connectivity index (χ3n) is 4.94. The number of hydrogen-bond donors (Lipinski definition) is 1. The van der Waals surface area contributed by atoms with E-state index in [0.717, 1.165) is 39.8 Å². The van der Waals surface area contributed by atoms with E-state index in [9.17, 15) is 8.78 Å². The Morgan fingerprint density at radius 3 is 2.24 bits per heavy atom. The first-order chi connectivity index (χ1) is 14.0. The Kier molecular flexibility index (Phi) is 5.17. The van der Waals surface area contributed by atoms with Crippen LogP contribution in [0, 0.1) is 25.5 Å². The molecule has 0 aliphatic heterocycles. The van der Waals surface area contributed by atoms with Crippen molar-refractivity contribution in [2.75, 3.05) is 0 Å². The Bertz CT molecular complexity index is 1150. The molecule has 0 aliphatic carbocycles. The predicted octanol–water partition coefficient (Wildman–Crippen LogP) is 6.82. The standard InChI is InChI=1S/C25H21F2NO/c1-16-3-5-18(6-4-16)15-29-25-10-8-19(11-17(25)2)21-13-24(28-14-21)20-7-9-22(26)23(27)12-20/h3-14,28H,15H2,1-2H3. The van der Waals surface area contributed by atoms with Crippen molar-refractivity contribution < 1.29 is 13.5 Å². The minimum atomic E-state index is -0.857. The second kappa shape index (κ2) is 7.92. The summed E-state index contributed by atoms with van der Waals surface area (Å²) in [6, 6.07) is 20.1. The molecule has 0 radical (unpaired) electrons. The Balaban J connectivity index is 1.51. The average Bonchev–Trinajstić information content (AvgIpc) is 3.20. The van der Waals surface area contributed by atoms with Crippen LogP contribution >= 0.6 is 0 Å². The molecule has 0 saturated carbocycles. The van der Waals surface area contributed by atoms with Crippen LogP contribution < -0.4 is 4.74 Å². The van der Waals surface area contributed by atoms with Crippen molar-refractivity contribution in [1.82, 2.24) is 4.98 Å². The maximum Gasteiger partial charge on any atom is 0.159 e. The van der Waals surface area contributed by atoms with Crippen LogP contribution in [0.2, 0.25) is 0 Å². The van der Waals surface area contributed by atoms with Gasteiger partial charge in [0.25, 0.3) is 0 Å². The van der Waals surface area contributed by atoms with Gasteiger partial charge in [-0.3, -0.25) is 0 Å². The summed E-state index contributed by atoms with van der Waals surface area (Å²) in [5.41, 5.74) is 6.71. The van der Waals surface area contributed by atoms with Crippen molar-refractivity contribution in [2.45, 2.75) is 20.5 Å². The van der Waals surface area contributed by atoms with Gasteiger partial charge in [0.05, 0.1) is 0 Å². The average molecular weight is 389 g/mol. The van der Waals surface area contributed by atoms with Gasteiger partial charge in [0.1, 0.15) is 12.4 Å². The Labute approximate surface area is 168 Å². The van der Waals surface area contributed by atoms with Gasteiger partial charge in [0.15, 0.2) is 11.6 Å². The van der Waals surface area contributed by atoms with Crippen LogP contribution in [0.3, 0.4) is 0 Å². The molecule has 1 heterocycles. The normalized spacial score (nSPS) is 10.9. The smallest absolute Gasteiger partial charge is 0.159 e. The van der Waals surface area contributed by atoms with Gasteiger partial charge in [0.2, 0.25) is 0 Å². The van der Waals surface area contributed by atoms with Gasteiger partial charge in [-0.15, -0.1) is 0 Å². The topological polar surface area (TPSA) is 25.0 Å². The van der Waals surface area contributed by atoms with Crippen molar-refractivity contribution in [3.63, 3.8) is 0 Å². The molecular formula is C25H21F2NO. The van der Waals surface area contributed by atoms with E-state index in [4.69, 9.17) is 4.74 Å². The summed E-state index contributed by atoms with van der Waals surface area (Å²) in [4.78, 5) is 3.13. The second-order valence-electron chi connectivity index (χ2n) is 7.19. The summed E-state index contributed by atoms with van der Waals surface area (Å²) in [6.45, 7) is 4.59. The minimum Gasteiger partial charge on any atom is -0.489 e. The zero-order valence-electron chi connectivity index (χ0n) is 16.3. The number of halogens is 2. The van der Waals surface area contributed by atoms with Crippen LogP contribution in [-0.2, 0) is 6.61 Å². The van der Waals surface area contributed by atoms with Gasteiger partial charge >= 0.3 is 0 Å². The van der Waals surface area contributed by atoms with Crippen LogP contribution in [0.1, 0.15) is 16.7 Å². The second-order valence-corrected chi connectivity index (χ2v) is 7.19. The van der Waals surface area contributed by atoms with Crippen LogP contribution in [0.25, 0.3) is 22.4 Å². The van der Waals surface area contributed by atoms with Gasteiger partial charge in [-0.25, -0.2) is 8.78 Å². The molecule has 2 nitrogen and oxygen atoms in total. The lowest BCUT2D eigenvalue weighted by Crippen LogP contribution is -1.97. The van der Waals surface area contributed by atoms with Crippen LogP contribution in [0.4, 0.5) is 8.78 Å². The molecule has 0 saturated heterocycles. The van der Waals surface area contributed by atoms with E-state index < -0.39 is 11.6 Å². The van der Waals surface area contributed by atoms with Gasteiger partial charge < -0.3 is 9.72 Å². The van der Waals surface area contributed by atoms with E-state index in [1.54, 1.807) is 6.07 Å². The van der Waals surface area contributed by atoms with Gasteiger partial charge in [-0.2, -0.15) is 0 Å². The van der Waals surface area contributed by atoms with Crippen LogP contribution in [0.5, 0.6) is 5.75 Å². The Hall–Kier alpha value is -3.40. The Morgan fingerprint density at radius 1 is 0.759 bits per heavy atom. The molecule has 0 bridgehead atoms. The van der Waals surface area contributed by atoms with E-state index in [-0.39, 0.29) is 0 Å². The number of rotatable bonds is 5. The highest BCUT2D eigenvalue weighted by molar-refractivity contribution is 5.72. The molecule has 4 aromatic rings. The quantitative estimate of drug-likeness (QED) is 0.398. The third kappa shape index (κ3) is 4.21. The number of aromatic nitrogens is 1. The zero-order valence-corrected chi connectivity index (χ0v) is 16.3. The first-order valence-electron chi connectivity index (χ1n) is 9.43. The van der Waals surface area contributed by atoms with E-state index in [2.05, 4.69) is 42.2 Å². The Morgan fingerprint density at radius 2 is 1.52 bits per heavy atom. The number of benzene rings is 3. The third-order valence-corrected chi connectivity index (χ3v) is 4.94. The molecule has 1 N–H and O–H groups in total. The molecule has 0 amide bonds. The van der Waals surface area contributed by atoms with Gasteiger partial charge in [-0.05, 0) is 72.5 Å². The summed E-state index contributed by atoms with van der Waals surface area (Å²) >= 11 is 0.